The maximum Gasteiger partial charge on any atom is 0.347 e. The monoisotopic (exact) mass is 398 g/mol. The summed E-state index contributed by atoms with van der Waals surface area (Å²) in [4.78, 5) is 17.1. The van der Waals surface area contributed by atoms with Gasteiger partial charge in [-0.1, -0.05) is 34.4 Å². The summed E-state index contributed by atoms with van der Waals surface area (Å²) in [6.45, 7) is 1.41. The minimum atomic E-state index is -0.863. The summed E-state index contributed by atoms with van der Waals surface area (Å²) in [5, 5.41) is 6.54. The van der Waals surface area contributed by atoms with Crippen molar-refractivity contribution in [3.05, 3.63) is 51.6 Å². The van der Waals surface area contributed by atoms with Gasteiger partial charge in [0.15, 0.2) is 12.7 Å². The van der Waals surface area contributed by atoms with Crippen LogP contribution in [0.25, 0.3) is 10.7 Å². The summed E-state index contributed by atoms with van der Waals surface area (Å²) in [6, 6.07) is 8.49. The minimum absolute atomic E-state index is 0.140. The molecule has 130 valence electrons. The molecule has 0 aliphatic heterocycles. The van der Waals surface area contributed by atoms with Gasteiger partial charge in [-0.25, -0.2) is 4.79 Å². The predicted molar refractivity (Wildman–Crippen MR) is 94.0 cm³/mol. The van der Waals surface area contributed by atoms with Crippen molar-refractivity contribution in [2.45, 2.75) is 19.6 Å². The number of thiophene rings is 1. The van der Waals surface area contributed by atoms with Gasteiger partial charge in [-0.3, -0.25) is 0 Å². The van der Waals surface area contributed by atoms with Crippen LogP contribution in [0.2, 0.25) is 10.0 Å². The third kappa shape index (κ3) is 4.50. The second kappa shape index (κ2) is 7.86. The fraction of sp³-hybridized carbons (Fsp3) is 0.188. The average molecular weight is 399 g/mol. The second-order valence-electron chi connectivity index (χ2n) is 4.93. The highest BCUT2D eigenvalue weighted by Crippen LogP contribution is 2.28. The van der Waals surface area contributed by atoms with Gasteiger partial charge in [0, 0.05) is 5.02 Å². The molecule has 0 N–H and O–H groups in total. The number of hydrogen-bond acceptors (Lipinski definition) is 7. The minimum Gasteiger partial charge on any atom is -0.477 e. The van der Waals surface area contributed by atoms with E-state index in [1.165, 1.54) is 17.4 Å². The van der Waals surface area contributed by atoms with Crippen molar-refractivity contribution in [2.75, 3.05) is 0 Å². The quantitative estimate of drug-likeness (QED) is 0.564. The summed E-state index contributed by atoms with van der Waals surface area (Å²) in [5.74, 6) is 0.418. The molecule has 3 aromatic rings. The van der Waals surface area contributed by atoms with E-state index in [2.05, 4.69) is 10.1 Å². The molecule has 2 heterocycles. The zero-order valence-corrected chi connectivity index (χ0v) is 15.3. The highest BCUT2D eigenvalue weighted by atomic mass is 35.5. The van der Waals surface area contributed by atoms with Crippen molar-refractivity contribution in [2.24, 2.45) is 0 Å². The van der Waals surface area contributed by atoms with Crippen LogP contribution in [0.4, 0.5) is 0 Å². The first kappa shape index (κ1) is 17.7. The van der Waals surface area contributed by atoms with E-state index in [-0.39, 0.29) is 12.5 Å². The van der Waals surface area contributed by atoms with Crippen LogP contribution >= 0.6 is 34.5 Å². The Bertz CT molecular complexity index is 867. The van der Waals surface area contributed by atoms with Gasteiger partial charge in [0.1, 0.15) is 5.75 Å². The van der Waals surface area contributed by atoms with Crippen molar-refractivity contribution in [3.63, 3.8) is 0 Å². The first-order valence-electron chi connectivity index (χ1n) is 7.18. The summed E-state index contributed by atoms with van der Waals surface area (Å²) in [7, 11) is 0. The van der Waals surface area contributed by atoms with Crippen LogP contribution in [0.15, 0.2) is 40.2 Å². The molecule has 25 heavy (non-hydrogen) atoms. The van der Waals surface area contributed by atoms with Crippen LogP contribution in [0.5, 0.6) is 5.75 Å². The average Bonchev–Trinajstić information content (AvgIpc) is 3.26. The van der Waals surface area contributed by atoms with Crippen molar-refractivity contribution in [1.29, 1.82) is 0 Å². The molecule has 0 bridgehead atoms. The van der Waals surface area contributed by atoms with Crippen LogP contribution in [-0.2, 0) is 16.1 Å². The standard InChI is InChI=1S/C16H12Cl2N2O4S/c1-9(23-12-5-4-10(17)7-11(12)18)16(21)22-8-14-19-15(20-24-14)13-3-2-6-25-13/h2-7,9H,8H2,1H3/t9-/m0/s1. The number of aromatic nitrogens is 2. The zero-order chi connectivity index (χ0) is 17.8. The molecule has 0 unspecified atom stereocenters. The molecular weight excluding hydrogens is 387 g/mol. The lowest BCUT2D eigenvalue weighted by Gasteiger charge is -2.14. The van der Waals surface area contributed by atoms with Crippen LogP contribution in [0, 0.1) is 0 Å². The number of ether oxygens (including phenoxy) is 2. The van der Waals surface area contributed by atoms with Crippen molar-refractivity contribution in [1.82, 2.24) is 10.1 Å². The molecule has 6 nitrogen and oxygen atoms in total. The van der Waals surface area contributed by atoms with Crippen molar-refractivity contribution >= 4 is 40.5 Å². The maximum atomic E-state index is 12.0. The SMILES string of the molecule is C[C@H](Oc1ccc(Cl)cc1Cl)C(=O)OCc1nc(-c2cccs2)no1. The number of carbonyl (C=O) groups is 1. The Morgan fingerprint density at radius 3 is 2.92 bits per heavy atom. The number of halogens is 2. The molecule has 0 saturated carbocycles. The number of rotatable bonds is 6. The predicted octanol–water partition coefficient (Wildman–Crippen LogP) is 4.62. The van der Waals surface area contributed by atoms with E-state index in [0.717, 1.165) is 4.88 Å². The van der Waals surface area contributed by atoms with Crippen molar-refractivity contribution < 1.29 is 18.8 Å². The summed E-state index contributed by atoms with van der Waals surface area (Å²) < 4.78 is 15.7. The molecule has 0 amide bonds. The van der Waals surface area contributed by atoms with Crippen molar-refractivity contribution in [3.8, 4) is 16.5 Å². The van der Waals surface area contributed by atoms with Gasteiger partial charge in [-0.2, -0.15) is 4.98 Å². The zero-order valence-electron chi connectivity index (χ0n) is 12.9. The Labute approximate surface area is 157 Å². The van der Waals surface area contributed by atoms with Gasteiger partial charge in [-0.05, 0) is 36.6 Å². The van der Waals surface area contributed by atoms with Crippen LogP contribution in [-0.4, -0.2) is 22.2 Å². The Morgan fingerprint density at radius 2 is 2.20 bits per heavy atom. The third-order valence-corrected chi connectivity index (χ3v) is 4.47. The highest BCUT2D eigenvalue weighted by Gasteiger charge is 2.19. The van der Waals surface area contributed by atoms with E-state index in [4.69, 9.17) is 37.2 Å². The molecular formula is C16H12Cl2N2O4S. The molecule has 1 atom stereocenters. The smallest absolute Gasteiger partial charge is 0.347 e. The number of benzene rings is 1. The molecule has 0 saturated heterocycles. The van der Waals surface area contributed by atoms with E-state index >= 15 is 0 Å². The second-order valence-corrected chi connectivity index (χ2v) is 6.72. The van der Waals surface area contributed by atoms with Gasteiger partial charge in [-0.15, -0.1) is 11.3 Å². The van der Waals surface area contributed by atoms with Gasteiger partial charge in [0.05, 0.1) is 9.90 Å². The van der Waals surface area contributed by atoms with Gasteiger partial charge in [0.2, 0.25) is 5.82 Å². The van der Waals surface area contributed by atoms with E-state index in [9.17, 15) is 4.79 Å². The maximum absolute atomic E-state index is 12.0. The normalized spacial score (nSPS) is 12.0. The van der Waals surface area contributed by atoms with Crippen LogP contribution in [0.1, 0.15) is 12.8 Å². The van der Waals surface area contributed by atoms with E-state index in [0.29, 0.717) is 21.6 Å². The van der Waals surface area contributed by atoms with Crippen LogP contribution in [0.3, 0.4) is 0 Å². The summed E-state index contributed by atoms with van der Waals surface area (Å²) in [6.07, 6.45) is -0.863. The lowest BCUT2D eigenvalue weighted by Crippen LogP contribution is -2.26. The number of nitrogens with zero attached hydrogens (tertiary/aromatic N) is 2. The molecule has 2 aromatic heterocycles. The first-order chi connectivity index (χ1) is 12.0. The molecule has 0 radical (unpaired) electrons. The lowest BCUT2D eigenvalue weighted by molar-refractivity contribution is -0.153. The number of esters is 1. The highest BCUT2D eigenvalue weighted by molar-refractivity contribution is 7.13. The van der Waals surface area contributed by atoms with Gasteiger partial charge in [0.25, 0.3) is 5.89 Å². The molecule has 3 rings (SSSR count). The first-order valence-corrected chi connectivity index (χ1v) is 8.81. The van der Waals surface area contributed by atoms with Gasteiger partial charge >= 0.3 is 5.97 Å². The molecule has 1 aromatic carbocycles. The van der Waals surface area contributed by atoms with E-state index in [1.807, 2.05) is 17.5 Å². The largest absolute Gasteiger partial charge is 0.477 e. The Balaban J connectivity index is 1.55. The number of carbonyl (C=O) groups excluding carboxylic acids is 1. The molecule has 0 spiro atoms. The number of hydrogen-bond donors (Lipinski definition) is 0. The Kier molecular flexibility index (Phi) is 5.57. The van der Waals surface area contributed by atoms with E-state index in [1.54, 1.807) is 19.1 Å². The van der Waals surface area contributed by atoms with E-state index < -0.39 is 12.1 Å². The Hall–Kier alpha value is -2.09. The fourth-order valence-corrected chi connectivity index (χ4v) is 2.98. The molecule has 0 fully saturated rings. The molecule has 9 heteroatoms. The van der Waals surface area contributed by atoms with Crippen LogP contribution < -0.4 is 4.74 Å². The van der Waals surface area contributed by atoms with Gasteiger partial charge < -0.3 is 14.0 Å². The topological polar surface area (TPSA) is 74.5 Å². The molecule has 0 aliphatic carbocycles. The lowest BCUT2D eigenvalue weighted by atomic mass is 10.3. The third-order valence-electron chi connectivity index (χ3n) is 3.08. The summed E-state index contributed by atoms with van der Waals surface area (Å²) in [5.41, 5.74) is 0. The Morgan fingerprint density at radius 1 is 1.36 bits per heavy atom. The molecule has 0 aliphatic rings. The fourth-order valence-electron chi connectivity index (χ4n) is 1.88. The summed E-state index contributed by atoms with van der Waals surface area (Å²) >= 11 is 13.3.